The molecular formula is C10H9F3NO3. The molecule has 0 aromatic heterocycles. The van der Waals surface area contributed by atoms with E-state index >= 15 is 0 Å². The van der Waals surface area contributed by atoms with Crippen LogP contribution in [0.25, 0.3) is 0 Å². The summed E-state index contributed by atoms with van der Waals surface area (Å²) in [5.74, 6) is -0.367. The third-order valence-corrected chi connectivity index (χ3v) is 1.57. The molecule has 93 valence electrons. The summed E-state index contributed by atoms with van der Waals surface area (Å²) in [6.45, 7) is 3.25. The lowest BCUT2D eigenvalue weighted by molar-refractivity contribution is -0.274. The first-order valence-corrected chi connectivity index (χ1v) is 4.49. The predicted octanol–water partition coefficient (Wildman–Crippen LogP) is 2.97. The average molecular weight is 248 g/mol. The molecule has 0 fully saturated rings. The van der Waals surface area contributed by atoms with Crippen molar-refractivity contribution in [3.05, 3.63) is 31.2 Å². The van der Waals surface area contributed by atoms with Crippen molar-refractivity contribution in [3.8, 4) is 5.75 Å². The van der Waals surface area contributed by atoms with Crippen LogP contribution in [-0.4, -0.2) is 19.1 Å². The average Bonchev–Trinajstić information content (AvgIpc) is 2.19. The van der Waals surface area contributed by atoms with E-state index in [9.17, 15) is 18.0 Å². The van der Waals surface area contributed by atoms with Crippen molar-refractivity contribution < 1.29 is 27.4 Å². The van der Waals surface area contributed by atoms with Crippen LogP contribution in [0.3, 0.4) is 0 Å². The standard InChI is InChI=1S/C10H9F3NO3/c1-2-16-9(15)14-7-3-5-8(6-4-7)17-10(11,12)13/h3-6H,1-2H2,(H,14,15). The van der Waals surface area contributed by atoms with Crippen molar-refractivity contribution >= 4 is 11.8 Å². The minimum Gasteiger partial charge on any atom is -0.449 e. The molecule has 7 heteroatoms. The molecule has 1 amide bonds. The highest BCUT2D eigenvalue weighted by atomic mass is 19.4. The van der Waals surface area contributed by atoms with Crippen LogP contribution in [-0.2, 0) is 4.74 Å². The lowest BCUT2D eigenvalue weighted by atomic mass is 10.3. The number of carbonyl (C=O) groups excluding carboxylic acids is 1. The summed E-state index contributed by atoms with van der Waals surface area (Å²) in [6, 6.07) is 4.66. The van der Waals surface area contributed by atoms with E-state index in [1.807, 2.05) is 0 Å². The van der Waals surface area contributed by atoms with Crippen LogP contribution in [0.15, 0.2) is 24.3 Å². The fourth-order valence-corrected chi connectivity index (χ4v) is 0.987. The van der Waals surface area contributed by atoms with Crippen LogP contribution < -0.4 is 10.1 Å². The summed E-state index contributed by atoms with van der Waals surface area (Å²) >= 11 is 0. The van der Waals surface area contributed by atoms with Crippen LogP contribution in [0.5, 0.6) is 5.75 Å². The van der Waals surface area contributed by atoms with Crippen molar-refractivity contribution in [1.29, 1.82) is 0 Å². The zero-order chi connectivity index (χ0) is 12.9. The molecule has 0 aliphatic rings. The van der Waals surface area contributed by atoms with Gasteiger partial charge in [-0.15, -0.1) is 13.2 Å². The number of amides is 1. The highest BCUT2D eigenvalue weighted by Gasteiger charge is 2.30. The van der Waals surface area contributed by atoms with E-state index in [2.05, 4.69) is 21.7 Å². The van der Waals surface area contributed by atoms with Crippen molar-refractivity contribution in [2.24, 2.45) is 0 Å². The first-order chi connectivity index (χ1) is 7.90. The highest BCUT2D eigenvalue weighted by molar-refractivity contribution is 5.84. The van der Waals surface area contributed by atoms with Crippen molar-refractivity contribution in [2.45, 2.75) is 6.36 Å². The summed E-state index contributed by atoms with van der Waals surface area (Å²) < 4.78 is 43.6. The monoisotopic (exact) mass is 248 g/mol. The molecule has 1 aromatic rings. The Balaban J connectivity index is 2.59. The number of hydrogen-bond acceptors (Lipinski definition) is 3. The molecule has 0 atom stereocenters. The van der Waals surface area contributed by atoms with Gasteiger partial charge in [-0.3, -0.25) is 5.32 Å². The minimum atomic E-state index is -4.73. The van der Waals surface area contributed by atoms with E-state index in [4.69, 9.17) is 0 Å². The Morgan fingerprint density at radius 3 is 2.35 bits per heavy atom. The lowest BCUT2D eigenvalue weighted by Crippen LogP contribution is -2.17. The van der Waals surface area contributed by atoms with Gasteiger partial charge in [0, 0.05) is 5.69 Å². The van der Waals surface area contributed by atoms with E-state index in [1.165, 1.54) is 12.1 Å². The third-order valence-electron chi connectivity index (χ3n) is 1.57. The molecule has 0 bridgehead atoms. The Bertz CT molecular complexity index is 375. The zero-order valence-corrected chi connectivity index (χ0v) is 8.58. The summed E-state index contributed by atoms with van der Waals surface area (Å²) in [5.41, 5.74) is 0.290. The van der Waals surface area contributed by atoms with Gasteiger partial charge in [-0.1, -0.05) is 0 Å². The number of alkyl halides is 3. The van der Waals surface area contributed by atoms with Gasteiger partial charge in [0.1, 0.15) is 5.75 Å². The van der Waals surface area contributed by atoms with Crippen LogP contribution in [0.1, 0.15) is 0 Å². The highest BCUT2D eigenvalue weighted by Crippen LogP contribution is 2.23. The fourth-order valence-electron chi connectivity index (χ4n) is 0.987. The van der Waals surface area contributed by atoms with Gasteiger partial charge in [-0.05, 0) is 31.2 Å². The summed E-state index contributed by atoms with van der Waals surface area (Å²) in [5, 5.41) is 2.29. The number of benzene rings is 1. The lowest BCUT2D eigenvalue weighted by Gasteiger charge is -2.09. The largest absolute Gasteiger partial charge is 0.573 e. The maximum Gasteiger partial charge on any atom is 0.573 e. The van der Waals surface area contributed by atoms with E-state index in [0.717, 1.165) is 12.1 Å². The molecular weight excluding hydrogens is 239 g/mol. The first-order valence-electron chi connectivity index (χ1n) is 4.49. The second-order valence-corrected chi connectivity index (χ2v) is 2.83. The van der Waals surface area contributed by atoms with E-state index < -0.39 is 12.5 Å². The quantitative estimate of drug-likeness (QED) is 0.894. The van der Waals surface area contributed by atoms with Crippen molar-refractivity contribution in [3.63, 3.8) is 0 Å². The Morgan fingerprint density at radius 1 is 1.29 bits per heavy atom. The van der Waals surface area contributed by atoms with Gasteiger partial charge in [0.25, 0.3) is 0 Å². The van der Waals surface area contributed by atoms with Gasteiger partial charge >= 0.3 is 12.5 Å². The van der Waals surface area contributed by atoms with Crippen LogP contribution in [0.2, 0.25) is 0 Å². The second-order valence-electron chi connectivity index (χ2n) is 2.83. The van der Waals surface area contributed by atoms with Crippen molar-refractivity contribution in [1.82, 2.24) is 0 Å². The molecule has 1 rings (SSSR count). The Kier molecular flexibility index (Phi) is 4.19. The van der Waals surface area contributed by atoms with Gasteiger partial charge in [0.2, 0.25) is 0 Å². The number of carbonyl (C=O) groups is 1. The maximum absolute atomic E-state index is 11.8. The van der Waals surface area contributed by atoms with Crippen LogP contribution in [0, 0.1) is 6.92 Å². The normalized spacial score (nSPS) is 10.8. The molecule has 0 aliphatic carbocycles. The molecule has 0 unspecified atom stereocenters. The number of halogens is 3. The molecule has 4 nitrogen and oxygen atoms in total. The molecule has 0 spiro atoms. The Morgan fingerprint density at radius 2 is 1.88 bits per heavy atom. The van der Waals surface area contributed by atoms with E-state index in [0.29, 0.717) is 0 Å². The molecule has 0 aliphatic heterocycles. The molecule has 1 radical (unpaired) electrons. The predicted molar refractivity (Wildman–Crippen MR) is 53.5 cm³/mol. The molecule has 0 saturated heterocycles. The van der Waals surface area contributed by atoms with Crippen LogP contribution in [0.4, 0.5) is 23.7 Å². The van der Waals surface area contributed by atoms with Gasteiger partial charge in [-0.25, -0.2) is 4.79 Å². The Hall–Kier alpha value is -1.92. The molecule has 0 saturated carbocycles. The smallest absolute Gasteiger partial charge is 0.449 e. The fraction of sp³-hybridized carbons (Fsp3) is 0.200. The van der Waals surface area contributed by atoms with Gasteiger partial charge in [0.15, 0.2) is 0 Å². The first kappa shape index (κ1) is 13.1. The number of nitrogens with one attached hydrogen (secondary N) is 1. The summed E-state index contributed by atoms with van der Waals surface area (Å²) in [7, 11) is 0. The molecule has 0 heterocycles. The van der Waals surface area contributed by atoms with Gasteiger partial charge in [0.05, 0.1) is 6.61 Å². The van der Waals surface area contributed by atoms with Crippen LogP contribution >= 0.6 is 0 Å². The Labute approximate surface area is 95.3 Å². The zero-order valence-electron chi connectivity index (χ0n) is 8.58. The van der Waals surface area contributed by atoms with E-state index in [-0.39, 0.29) is 18.0 Å². The SMILES string of the molecule is [CH2]COC(=O)Nc1ccc(OC(F)(F)F)cc1. The maximum atomic E-state index is 11.8. The number of ether oxygens (including phenoxy) is 2. The number of rotatable bonds is 3. The minimum absolute atomic E-state index is 0.0406. The third kappa shape index (κ3) is 5.10. The van der Waals surface area contributed by atoms with Crippen molar-refractivity contribution in [2.75, 3.05) is 11.9 Å². The summed E-state index contributed by atoms with van der Waals surface area (Å²) in [4.78, 5) is 10.9. The molecule has 1 N–H and O–H groups in total. The molecule has 1 aromatic carbocycles. The molecule has 17 heavy (non-hydrogen) atoms. The number of hydrogen-bond donors (Lipinski definition) is 1. The van der Waals surface area contributed by atoms with E-state index in [1.54, 1.807) is 0 Å². The van der Waals surface area contributed by atoms with Gasteiger partial charge in [-0.2, -0.15) is 0 Å². The topological polar surface area (TPSA) is 47.6 Å². The number of anilines is 1. The summed E-state index contributed by atoms with van der Waals surface area (Å²) in [6.07, 6.45) is -5.47. The second kappa shape index (κ2) is 5.42. The van der Waals surface area contributed by atoms with Gasteiger partial charge < -0.3 is 9.47 Å².